The van der Waals surface area contributed by atoms with Crippen LogP contribution < -0.4 is 5.43 Å². The maximum Gasteiger partial charge on any atom is 0.312 e. The number of amides is 3. The van der Waals surface area contributed by atoms with Crippen LogP contribution in [0.4, 0.5) is 10.5 Å². The molecule has 0 unspecified atom stereocenters. The number of aromatic hydroxyl groups is 1. The van der Waals surface area contributed by atoms with Crippen molar-refractivity contribution in [2.24, 2.45) is 0 Å². The number of hydrogen-bond acceptors (Lipinski definition) is 7. The molecule has 0 spiro atoms. The van der Waals surface area contributed by atoms with Crippen molar-refractivity contribution in [2.45, 2.75) is 0 Å². The number of benzene rings is 2. The summed E-state index contributed by atoms with van der Waals surface area (Å²) in [5.41, 5.74) is 2.38. The van der Waals surface area contributed by atoms with Crippen LogP contribution in [0, 0.1) is 10.1 Å². The van der Waals surface area contributed by atoms with Crippen LogP contribution in [0.3, 0.4) is 0 Å². The number of phenolic OH excluding ortho intramolecular Hbond substituents is 1. The average Bonchev–Trinajstić information content (AvgIpc) is 2.91. The molecule has 3 rings (SSSR count). The zero-order valence-corrected chi connectivity index (χ0v) is 14.3. The second-order valence-electron chi connectivity index (χ2n) is 5.32. The van der Waals surface area contributed by atoms with Gasteiger partial charge in [-0.15, -0.1) is 0 Å². The van der Waals surface area contributed by atoms with Gasteiger partial charge in [-0.1, -0.05) is 18.2 Å². The fourth-order valence-electron chi connectivity index (χ4n) is 2.22. The minimum Gasteiger partial charge on any atom is -0.507 e. The second kappa shape index (κ2) is 7.30. The number of hydrogen-bond donors (Lipinski definition) is 2. The minimum atomic E-state index is -0.768. The van der Waals surface area contributed by atoms with Gasteiger partial charge >= 0.3 is 5.24 Å². The number of non-ortho nitro benzene ring substituents is 1. The van der Waals surface area contributed by atoms with Gasteiger partial charge in [0.15, 0.2) is 0 Å². The Morgan fingerprint density at radius 1 is 1.15 bits per heavy atom. The third-order valence-corrected chi connectivity index (χ3v) is 4.44. The summed E-state index contributed by atoms with van der Waals surface area (Å²) in [5, 5.41) is 20.2. The molecule has 3 amide bonds. The first kappa shape index (κ1) is 18.1. The van der Waals surface area contributed by atoms with Gasteiger partial charge in [0.2, 0.25) is 0 Å². The van der Waals surface area contributed by atoms with Crippen LogP contribution in [0.5, 0.6) is 5.75 Å². The SMILES string of the molecule is O=C(NN1C(=O)S/C(=C\c2ccccc2O)C1=O)c1ccc([N+](=O)[O-])cc1. The lowest BCUT2D eigenvalue weighted by molar-refractivity contribution is -0.384. The third-order valence-electron chi connectivity index (χ3n) is 3.57. The summed E-state index contributed by atoms with van der Waals surface area (Å²) in [6.07, 6.45) is 1.35. The summed E-state index contributed by atoms with van der Waals surface area (Å²) >= 11 is 0.612. The van der Waals surface area contributed by atoms with E-state index in [0.29, 0.717) is 22.3 Å². The van der Waals surface area contributed by atoms with E-state index in [9.17, 15) is 29.6 Å². The summed E-state index contributed by atoms with van der Waals surface area (Å²) in [6.45, 7) is 0. The molecule has 1 aliphatic heterocycles. The minimum absolute atomic E-state index is 0.0329. The van der Waals surface area contributed by atoms with Gasteiger partial charge in [-0.25, -0.2) is 0 Å². The Bertz CT molecular complexity index is 986. The van der Waals surface area contributed by atoms with Gasteiger partial charge in [-0.3, -0.25) is 29.9 Å². The second-order valence-corrected chi connectivity index (χ2v) is 6.31. The molecule has 2 N–H and O–H groups in total. The highest BCUT2D eigenvalue weighted by molar-refractivity contribution is 8.18. The van der Waals surface area contributed by atoms with Gasteiger partial charge in [0.1, 0.15) is 5.75 Å². The summed E-state index contributed by atoms with van der Waals surface area (Å²) in [5.74, 6) is -1.57. The maximum absolute atomic E-state index is 12.4. The number of nitrogens with one attached hydrogen (secondary N) is 1. The van der Waals surface area contributed by atoms with Crippen LogP contribution in [0.15, 0.2) is 53.4 Å². The molecule has 1 heterocycles. The Morgan fingerprint density at radius 3 is 2.44 bits per heavy atom. The Hall–Kier alpha value is -3.66. The highest BCUT2D eigenvalue weighted by atomic mass is 32.2. The van der Waals surface area contributed by atoms with E-state index in [1.807, 2.05) is 0 Å². The number of carbonyl (C=O) groups is 3. The molecule has 2 aromatic carbocycles. The van der Waals surface area contributed by atoms with E-state index in [1.54, 1.807) is 18.2 Å². The number of phenols is 1. The van der Waals surface area contributed by atoms with Crippen molar-refractivity contribution in [3.63, 3.8) is 0 Å². The van der Waals surface area contributed by atoms with Gasteiger partial charge in [-0.2, -0.15) is 5.01 Å². The van der Waals surface area contributed by atoms with Gasteiger partial charge in [0, 0.05) is 23.3 Å². The first-order valence-electron chi connectivity index (χ1n) is 7.48. The van der Waals surface area contributed by atoms with E-state index in [0.717, 1.165) is 12.1 Å². The monoisotopic (exact) mass is 385 g/mol. The van der Waals surface area contributed by atoms with E-state index in [1.165, 1.54) is 24.3 Å². The fraction of sp³-hybridized carbons (Fsp3) is 0. The fourth-order valence-corrected chi connectivity index (χ4v) is 2.99. The summed E-state index contributed by atoms with van der Waals surface area (Å²) in [7, 11) is 0. The summed E-state index contributed by atoms with van der Waals surface area (Å²) in [4.78, 5) is 46.7. The number of imide groups is 1. The number of hydrazine groups is 1. The van der Waals surface area contributed by atoms with Crippen molar-refractivity contribution >= 4 is 40.6 Å². The van der Waals surface area contributed by atoms with Crippen molar-refractivity contribution in [1.82, 2.24) is 10.4 Å². The number of para-hydroxylation sites is 1. The summed E-state index contributed by atoms with van der Waals surface area (Å²) in [6, 6.07) is 11.0. The van der Waals surface area contributed by atoms with Crippen molar-refractivity contribution in [3.05, 3.63) is 74.7 Å². The predicted molar refractivity (Wildman–Crippen MR) is 96.5 cm³/mol. The number of thioether (sulfide) groups is 1. The maximum atomic E-state index is 12.4. The van der Waals surface area contributed by atoms with Crippen LogP contribution in [-0.2, 0) is 4.79 Å². The molecule has 2 aromatic rings. The molecule has 0 aromatic heterocycles. The van der Waals surface area contributed by atoms with Crippen LogP contribution >= 0.6 is 11.8 Å². The zero-order valence-electron chi connectivity index (χ0n) is 13.5. The van der Waals surface area contributed by atoms with E-state index in [-0.39, 0.29) is 21.9 Å². The molecule has 9 nitrogen and oxygen atoms in total. The number of carbonyl (C=O) groups excluding carboxylic acids is 3. The van der Waals surface area contributed by atoms with Crippen molar-refractivity contribution < 1.29 is 24.4 Å². The van der Waals surface area contributed by atoms with Gasteiger partial charge in [0.25, 0.3) is 17.5 Å². The lowest BCUT2D eigenvalue weighted by atomic mass is 10.2. The Kier molecular flexibility index (Phi) is 4.90. The predicted octanol–water partition coefficient (Wildman–Crippen LogP) is 2.68. The molecule has 1 aliphatic rings. The van der Waals surface area contributed by atoms with E-state index in [2.05, 4.69) is 5.43 Å². The van der Waals surface area contributed by atoms with E-state index < -0.39 is 22.0 Å². The molecule has 136 valence electrons. The Labute approximate surface area is 156 Å². The largest absolute Gasteiger partial charge is 0.507 e. The van der Waals surface area contributed by atoms with Crippen molar-refractivity contribution in [1.29, 1.82) is 0 Å². The zero-order chi connectivity index (χ0) is 19.6. The molecule has 0 saturated carbocycles. The number of nitro benzene ring substituents is 1. The molecular formula is C17H11N3O6S. The van der Waals surface area contributed by atoms with Gasteiger partial charge < -0.3 is 5.11 Å². The highest BCUT2D eigenvalue weighted by Crippen LogP contribution is 2.32. The molecule has 0 bridgehead atoms. The molecule has 27 heavy (non-hydrogen) atoms. The summed E-state index contributed by atoms with van der Waals surface area (Å²) < 4.78 is 0. The molecule has 1 fully saturated rings. The first-order chi connectivity index (χ1) is 12.9. The molecular weight excluding hydrogens is 374 g/mol. The number of rotatable bonds is 4. The van der Waals surface area contributed by atoms with Crippen LogP contribution in [0.2, 0.25) is 0 Å². The smallest absolute Gasteiger partial charge is 0.312 e. The van der Waals surface area contributed by atoms with Gasteiger partial charge in [-0.05, 0) is 36.0 Å². The Morgan fingerprint density at radius 2 is 1.81 bits per heavy atom. The topological polar surface area (TPSA) is 130 Å². The first-order valence-corrected chi connectivity index (χ1v) is 8.30. The molecule has 0 radical (unpaired) electrons. The molecule has 0 atom stereocenters. The van der Waals surface area contributed by atoms with Gasteiger partial charge in [0.05, 0.1) is 9.83 Å². The van der Waals surface area contributed by atoms with E-state index in [4.69, 9.17) is 0 Å². The highest BCUT2D eigenvalue weighted by Gasteiger charge is 2.37. The normalized spacial score (nSPS) is 15.3. The Balaban J connectivity index is 1.76. The van der Waals surface area contributed by atoms with Crippen LogP contribution in [0.1, 0.15) is 15.9 Å². The average molecular weight is 385 g/mol. The quantitative estimate of drug-likeness (QED) is 0.470. The van der Waals surface area contributed by atoms with Crippen molar-refractivity contribution in [3.8, 4) is 5.75 Å². The number of nitro groups is 1. The van der Waals surface area contributed by atoms with Crippen molar-refractivity contribution in [2.75, 3.05) is 0 Å². The van der Waals surface area contributed by atoms with Crippen LogP contribution in [0.25, 0.3) is 6.08 Å². The third kappa shape index (κ3) is 3.80. The molecule has 0 aliphatic carbocycles. The lowest BCUT2D eigenvalue weighted by Crippen LogP contribution is -2.44. The molecule has 1 saturated heterocycles. The van der Waals surface area contributed by atoms with Crippen LogP contribution in [-0.4, -0.2) is 32.1 Å². The molecule has 10 heteroatoms. The standard InChI is InChI=1S/C17H11N3O6S/c21-13-4-2-1-3-11(13)9-14-16(23)19(17(24)27-14)18-15(22)10-5-7-12(8-6-10)20(25)26/h1-9,21H,(H,18,22)/b14-9-. The lowest BCUT2D eigenvalue weighted by Gasteiger charge is -2.13. The number of nitrogens with zero attached hydrogens (tertiary/aromatic N) is 2. The van der Waals surface area contributed by atoms with E-state index >= 15 is 0 Å².